The maximum Gasteiger partial charge on any atom is 0.204 e. The number of aromatic nitrogens is 4. The molecule has 0 unspecified atom stereocenters. The van der Waals surface area contributed by atoms with Gasteiger partial charge in [-0.3, -0.25) is 0 Å². The van der Waals surface area contributed by atoms with Crippen LogP contribution in [0.2, 0.25) is 5.02 Å². The van der Waals surface area contributed by atoms with E-state index in [1.54, 1.807) is 11.8 Å². The average Bonchev–Trinajstić information content (AvgIpc) is 3.26. The molecule has 0 radical (unpaired) electrons. The highest BCUT2D eigenvalue weighted by molar-refractivity contribution is 7.99. The van der Waals surface area contributed by atoms with E-state index in [1.807, 2.05) is 37.3 Å². The lowest BCUT2D eigenvalue weighted by atomic mass is 10.0. The molecule has 4 rings (SSSR count). The van der Waals surface area contributed by atoms with Gasteiger partial charge in [-0.2, -0.15) is 5.21 Å². The van der Waals surface area contributed by atoms with Crippen molar-refractivity contribution < 1.29 is 4.74 Å². The monoisotopic (exact) mass is 422 g/mol. The zero-order valence-corrected chi connectivity index (χ0v) is 17.4. The minimum absolute atomic E-state index is 0.577. The van der Waals surface area contributed by atoms with E-state index >= 15 is 0 Å². The second-order valence-electron chi connectivity index (χ2n) is 6.37. The van der Waals surface area contributed by atoms with Gasteiger partial charge in [0.05, 0.1) is 6.61 Å². The van der Waals surface area contributed by atoms with Crippen LogP contribution in [-0.2, 0) is 6.42 Å². The van der Waals surface area contributed by atoms with Gasteiger partial charge in [-0.05, 0) is 66.1 Å². The number of tetrazole rings is 1. The Morgan fingerprint density at radius 1 is 1.03 bits per heavy atom. The summed E-state index contributed by atoms with van der Waals surface area (Å²) >= 11 is 7.73. The van der Waals surface area contributed by atoms with Crippen molar-refractivity contribution in [1.82, 2.24) is 20.6 Å². The first kappa shape index (κ1) is 19.5. The van der Waals surface area contributed by atoms with E-state index in [1.165, 1.54) is 11.1 Å². The molecular weight excluding hydrogens is 404 g/mol. The SMILES string of the molecule is CCOc1cccc(Sc2cc(-c3nn[nH]n3)ccc2Cc2ccc(Cl)cc2)c1. The molecule has 0 spiro atoms. The molecule has 29 heavy (non-hydrogen) atoms. The van der Waals surface area contributed by atoms with E-state index < -0.39 is 0 Å². The summed E-state index contributed by atoms with van der Waals surface area (Å²) < 4.78 is 5.65. The molecule has 7 heteroatoms. The molecule has 5 nitrogen and oxygen atoms in total. The van der Waals surface area contributed by atoms with Gasteiger partial charge in [-0.1, -0.05) is 53.7 Å². The Morgan fingerprint density at radius 2 is 1.90 bits per heavy atom. The molecule has 4 aromatic rings. The first-order valence-electron chi connectivity index (χ1n) is 9.23. The number of nitrogens with one attached hydrogen (secondary N) is 1. The van der Waals surface area contributed by atoms with Crippen LogP contribution in [0.1, 0.15) is 18.1 Å². The first-order valence-corrected chi connectivity index (χ1v) is 10.4. The fourth-order valence-corrected chi connectivity index (χ4v) is 4.12. The predicted octanol–water partition coefficient (Wildman–Crippen LogP) is 5.66. The van der Waals surface area contributed by atoms with Crippen molar-refractivity contribution >= 4 is 23.4 Å². The lowest BCUT2D eigenvalue weighted by Gasteiger charge is -2.12. The quantitative estimate of drug-likeness (QED) is 0.416. The number of aromatic amines is 1. The van der Waals surface area contributed by atoms with Crippen LogP contribution < -0.4 is 4.74 Å². The molecule has 0 fully saturated rings. The number of halogens is 1. The summed E-state index contributed by atoms with van der Waals surface area (Å²) in [5, 5.41) is 15.1. The lowest BCUT2D eigenvalue weighted by molar-refractivity contribution is 0.339. The number of H-pyrrole nitrogens is 1. The summed E-state index contributed by atoms with van der Waals surface area (Å²) in [6, 6.07) is 22.3. The molecule has 1 N–H and O–H groups in total. The summed E-state index contributed by atoms with van der Waals surface area (Å²) in [6.07, 6.45) is 0.803. The highest BCUT2D eigenvalue weighted by Gasteiger charge is 2.11. The third kappa shape index (κ3) is 4.96. The fraction of sp³-hybridized carbons (Fsp3) is 0.136. The van der Waals surface area contributed by atoms with E-state index in [2.05, 4.69) is 57.0 Å². The summed E-state index contributed by atoms with van der Waals surface area (Å²) in [4.78, 5) is 2.24. The number of benzene rings is 3. The second kappa shape index (κ2) is 9.11. The molecule has 3 aromatic carbocycles. The summed E-state index contributed by atoms with van der Waals surface area (Å²) in [5.41, 5.74) is 3.33. The van der Waals surface area contributed by atoms with Gasteiger partial charge in [0, 0.05) is 20.4 Å². The van der Waals surface area contributed by atoms with Crippen LogP contribution in [-0.4, -0.2) is 27.2 Å². The smallest absolute Gasteiger partial charge is 0.204 e. The maximum absolute atomic E-state index is 6.03. The lowest BCUT2D eigenvalue weighted by Crippen LogP contribution is -1.94. The Kier molecular flexibility index (Phi) is 6.12. The topological polar surface area (TPSA) is 63.7 Å². The van der Waals surface area contributed by atoms with Crippen molar-refractivity contribution in [1.29, 1.82) is 0 Å². The summed E-state index contributed by atoms with van der Waals surface area (Å²) in [5.74, 6) is 1.44. The normalized spacial score (nSPS) is 10.8. The molecule has 0 atom stereocenters. The Balaban J connectivity index is 1.68. The van der Waals surface area contributed by atoms with Gasteiger partial charge in [-0.15, -0.1) is 10.2 Å². The molecule has 0 aliphatic heterocycles. The Labute approximate surface area is 178 Å². The van der Waals surface area contributed by atoms with Gasteiger partial charge in [0.25, 0.3) is 0 Å². The molecule has 0 aliphatic carbocycles. The number of ether oxygens (including phenoxy) is 1. The predicted molar refractivity (Wildman–Crippen MR) is 116 cm³/mol. The van der Waals surface area contributed by atoms with Gasteiger partial charge in [0.1, 0.15) is 5.75 Å². The van der Waals surface area contributed by atoms with Crippen molar-refractivity contribution in [3.8, 4) is 17.1 Å². The molecular formula is C22H19ClN4OS. The fourth-order valence-electron chi connectivity index (χ4n) is 2.96. The van der Waals surface area contributed by atoms with Crippen molar-refractivity contribution in [3.05, 3.63) is 82.9 Å². The Hall–Kier alpha value is -2.83. The van der Waals surface area contributed by atoms with Gasteiger partial charge >= 0.3 is 0 Å². The number of hydrogen-bond donors (Lipinski definition) is 1. The van der Waals surface area contributed by atoms with Crippen molar-refractivity contribution in [2.45, 2.75) is 23.1 Å². The van der Waals surface area contributed by atoms with Gasteiger partial charge in [-0.25, -0.2) is 0 Å². The van der Waals surface area contributed by atoms with Crippen LogP contribution >= 0.6 is 23.4 Å². The van der Waals surface area contributed by atoms with Gasteiger partial charge in [0.2, 0.25) is 5.82 Å². The summed E-state index contributed by atoms with van der Waals surface area (Å²) in [7, 11) is 0. The van der Waals surface area contributed by atoms with Crippen molar-refractivity contribution in [2.24, 2.45) is 0 Å². The zero-order valence-electron chi connectivity index (χ0n) is 15.8. The molecule has 146 valence electrons. The van der Waals surface area contributed by atoms with E-state index in [9.17, 15) is 0 Å². The van der Waals surface area contributed by atoms with Crippen LogP contribution in [0.25, 0.3) is 11.4 Å². The highest BCUT2D eigenvalue weighted by atomic mass is 35.5. The minimum Gasteiger partial charge on any atom is -0.494 e. The Morgan fingerprint density at radius 3 is 2.66 bits per heavy atom. The average molecular weight is 423 g/mol. The van der Waals surface area contributed by atoms with Crippen molar-refractivity contribution in [3.63, 3.8) is 0 Å². The van der Waals surface area contributed by atoms with Crippen LogP contribution in [0.3, 0.4) is 0 Å². The van der Waals surface area contributed by atoms with Crippen LogP contribution in [0, 0.1) is 0 Å². The third-order valence-corrected chi connectivity index (χ3v) is 5.66. The Bertz CT molecular complexity index is 1080. The highest BCUT2D eigenvalue weighted by Crippen LogP contribution is 2.35. The first-order chi connectivity index (χ1) is 14.2. The number of nitrogens with zero attached hydrogens (tertiary/aromatic N) is 3. The molecule has 0 bridgehead atoms. The van der Waals surface area contributed by atoms with E-state index in [4.69, 9.17) is 16.3 Å². The number of rotatable bonds is 7. The minimum atomic E-state index is 0.577. The maximum atomic E-state index is 6.03. The van der Waals surface area contributed by atoms with E-state index in [-0.39, 0.29) is 0 Å². The molecule has 1 heterocycles. The van der Waals surface area contributed by atoms with E-state index in [0.29, 0.717) is 12.4 Å². The summed E-state index contributed by atoms with van der Waals surface area (Å²) in [6.45, 7) is 2.63. The largest absolute Gasteiger partial charge is 0.494 e. The van der Waals surface area contributed by atoms with Crippen LogP contribution in [0.5, 0.6) is 5.75 Å². The van der Waals surface area contributed by atoms with Crippen molar-refractivity contribution in [2.75, 3.05) is 6.61 Å². The standard InChI is InChI=1S/C22H19ClN4OS/c1-2-28-19-4-3-5-20(14-19)29-21-13-17(22-24-26-27-25-22)9-8-16(21)12-15-6-10-18(23)11-7-15/h3-11,13-14H,2,12H2,1H3,(H,24,25,26,27). The van der Waals surface area contributed by atoms with Gasteiger partial charge in [0.15, 0.2) is 0 Å². The van der Waals surface area contributed by atoms with Crippen LogP contribution in [0.4, 0.5) is 0 Å². The third-order valence-electron chi connectivity index (χ3n) is 4.32. The molecule has 0 saturated carbocycles. The molecule has 0 saturated heterocycles. The molecule has 0 amide bonds. The number of hydrogen-bond acceptors (Lipinski definition) is 5. The van der Waals surface area contributed by atoms with E-state index in [0.717, 1.165) is 32.5 Å². The zero-order chi connectivity index (χ0) is 20.1. The van der Waals surface area contributed by atoms with Crippen LogP contribution in [0.15, 0.2) is 76.5 Å². The molecule has 1 aromatic heterocycles. The second-order valence-corrected chi connectivity index (χ2v) is 7.92. The van der Waals surface area contributed by atoms with Gasteiger partial charge < -0.3 is 4.74 Å². The molecule has 0 aliphatic rings.